The third-order valence-electron chi connectivity index (χ3n) is 6.63. The van der Waals surface area contributed by atoms with Gasteiger partial charge in [-0.25, -0.2) is 0 Å². The highest BCUT2D eigenvalue weighted by Gasteiger charge is 2.62. The van der Waals surface area contributed by atoms with Crippen molar-refractivity contribution in [3.05, 3.63) is 123 Å². The molecule has 0 N–H and O–H groups in total. The summed E-state index contributed by atoms with van der Waals surface area (Å²) in [6.07, 6.45) is 3.65. The number of benzene rings is 3. The highest BCUT2D eigenvalue weighted by molar-refractivity contribution is 9.10. The van der Waals surface area contributed by atoms with Gasteiger partial charge in [-0.1, -0.05) is 88.7 Å². The molecule has 1 unspecified atom stereocenters. The van der Waals surface area contributed by atoms with Crippen molar-refractivity contribution < 1.29 is 14.4 Å². The Morgan fingerprint density at radius 3 is 1.84 bits per heavy atom. The summed E-state index contributed by atoms with van der Waals surface area (Å²) in [7, 11) is 0. The van der Waals surface area contributed by atoms with E-state index in [2.05, 4.69) is 15.9 Å². The number of carbonyl (C=O) groups excluding carboxylic acids is 3. The highest BCUT2D eigenvalue weighted by atomic mass is 79.9. The SMILES string of the molecule is O=C1C2=C(c3ccccc31)C1(C(=O)c3ccccc3C1=O)C(c1ccc(Br)cc1)C=C2. The number of halogens is 1. The van der Waals surface area contributed by atoms with Crippen LogP contribution >= 0.6 is 15.9 Å². The number of Topliss-reactive ketones (excluding diaryl/α,β-unsaturated/α-hetero) is 3. The summed E-state index contributed by atoms with van der Waals surface area (Å²) >= 11 is 3.46. The van der Waals surface area contributed by atoms with Crippen LogP contribution in [0.2, 0.25) is 0 Å². The third-order valence-corrected chi connectivity index (χ3v) is 7.16. The Labute approximate surface area is 187 Å². The van der Waals surface area contributed by atoms with Crippen molar-refractivity contribution in [2.45, 2.75) is 5.92 Å². The maximum absolute atomic E-state index is 14.1. The first kappa shape index (κ1) is 18.4. The van der Waals surface area contributed by atoms with Crippen molar-refractivity contribution in [2.24, 2.45) is 5.41 Å². The second-order valence-corrected chi connectivity index (χ2v) is 8.98. The van der Waals surface area contributed by atoms with Crippen LogP contribution in [0, 0.1) is 5.41 Å². The van der Waals surface area contributed by atoms with Crippen molar-refractivity contribution >= 4 is 38.9 Å². The molecule has 31 heavy (non-hydrogen) atoms. The minimum absolute atomic E-state index is 0.132. The second-order valence-electron chi connectivity index (χ2n) is 8.06. The van der Waals surface area contributed by atoms with Crippen LogP contribution in [0.3, 0.4) is 0 Å². The molecule has 3 aliphatic carbocycles. The first-order valence-corrected chi connectivity index (χ1v) is 10.9. The Bertz CT molecular complexity index is 1360. The molecule has 3 aromatic carbocycles. The average Bonchev–Trinajstić information content (AvgIpc) is 3.21. The molecule has 0 saturated carbocycles. The number of carbonyl (C=O) groups is 3. The molecular weight excluding hydrogens is 452 g/mol. The monoisotopic (exact) mass is 466 g/mol. The van der Waals surface area contributed by atoms with E-state index in [1.54, 1.807) is 36.4 Å². The quantitative estimate of drug-likeness (QED) is 0.424. The maximum Gasteiger partial charge on any atom is 0.193 e. The largest absolute Gasteiger partial charge is 0.293 e. The van der Waals surface area contributed by atoms with Gasteiger partial charge in [0.2, 0.25) is 0 Å². The molecule has 4 heteroatoms. The summed E-state index contributed by atoms with van der Waals surface area (Å²) in [5.41, 5.74) is 2.45. The summed E-state index contributed by atoms with van der Waals surface area (Å²) in [5.74, 6) is -1.11. The number of hydrogen-bond donors (Lipinski definition) is 0. The lowest BCUT2D eigenvalue weighted by molar-refractivity contribution is 0.0753. The first-order chi connectivity index (χ1) is 15.0. The summed E-state index contributed by atoms with van der Waals surface area (Å²) in [5, 5.41) is 0. The van der Waals surface area contributed by atoms with Gasteiger partial charge in [0, 0.05) is 32.7 Å². The van der Waals surface area contributed by atoms with Crippen LogP contribution in [0.4, 0.5) is 0 Å². The number of rotatable bonds is 1. The fourth-order valence-electron chi connectivity index (χ4n) is 5.33. The Morgan fingerprint density at radius 2 is 1.23 bits per heavy atom. The van der Waals surface area contributed by atoms with Gasteiger partial charge in [-0.15, -0.1) is 0 Å². The number of hydrogen-bond acceptors (Lipinski definition) is 3. The molecule has 0 amide bonds. The van der Waals surface area contributed by atoms with Crippen LogP contribution in [0.15, 0.2) is 95.0 Å². The molecule has 3 aliphatic rings. The van der Waals surface area contributed by atoms with E-state index in [0.717, 1.165) is 10.0 Å². The molecule has 0 saturated heterocycles. The normalized spacial score (nSPS) is 20.3. The van der Waals surface area contributed by atoms with Gasteiger partial charge in [0.05, 0.1) is 0 Å². The predicted molar refractivity (Wildman–Crippen MR) is 121 cm³/mol. The molecule has 6 rings (SSSR count). The summed E-state index contributed by atoms with van der Waals surface area (Å²) in [6.45, 7) is 0. The zero-order valence-corrected chi connectivity index (χ0v) is 17.8. The smallest absolute Gasteiger partial charge is 0.193 e. The fourth-order valence-corrected chi connectivity index (χ4v) is 5.59. The Kier molecular flexibility index (Phi) is 3.75. The maximum atomic E-state index is 14.1. The van der Waals surface area contributed by atoms with E-state index in [9.17, 15) is 14.4 Å². The van der Waals surface area contributed by atoms with Gasteiger partial charge in [0.25, 0.3) is 0 Å². The van der Waals surface area contributed by atoms with Crippen molar-refractivity contribution in [1.82, 2.24) is 0 Å². The van der Waals surface area contributed by atoms with Crippen LogP contribution < -0.4 is 0 Å². The Balaban J connectivity index is 1.70. The summed E-state index contributed by atoms with van der Waals surface area (Å²) in [4.78, 5) is 41.4. The second kappa shape index (κ2) is 6.32. The predicted octanol–water partition coefficient (Wildman–Crippen LogP) is 5.82. The van der Waals surface area contributed by atoms with Crippen molar-refractivity contribution in [3.8, 4) is 0 Å². The van der Waals surface area contributed by atoms with Gasteiger partial charge < -0.3 is 0 Å². The van der Waals surface area contributed by atoms with Crippen LogP contribution in [0.1, 0.15) is 48.1 Å². The molecule has 0 heterocycles. The fraction of sp³-hybridized carbons (Fsp3) is 0.0741. The van der Waals surface area contributed by atoms with Crippen molar-refractivity contribution in [1.29, 1.82) is 0 Å². The van der Waals surface area contributed by atoms with Gasteiger partial charge in [-0.05, 0) is 28.8 Å². The number of fused-ring (bicyclic) bond motifs is 4. The minimum Gasteiger partial charge on any atom is -0.293 e. The van der Waals surface area contributed by atoms with E-state index in [1.807, 2.05) is 48.5 Å². The highest BCUT2D eigenvalue weighted by Crippen LogP contribution is 2.60. The topological polar surface area (TPSA) is 51.2 Å². The molecule has 0 fully saturated rings. The van der Waals surface area contributed by atoms with E-state index < -0.39 is 11.3 Å². The minimum atomic E-state index is -1.48. The van der Waals surface area contributed by atoms with E-state index in [4.69, 9.17) is 0 Å². The van der Waals surface area contributed by atoms with Gasteiger partial charge in [0.1, 0.15) is 5.41 Å². The van der Waals surface area contributed by atoms with E-state index in [-0.39, 0.29) is 17.3 Å². The van der Waals surface area contributed by atoms with E-state index in [0.29, 0.717) is 33.4 Å². The average molecular weight is 467 g/mol. The number of allylic oxidation sites excluding steroid dienone is 4. The lowest BCUT2D eigenvalue weighted by atomic mass is 9.60. The zero-order chi connectivity index (χ0) is 21.3. The molecule has 1 spiro atoms. The molecule has 0 aliphatic heterocycles. The standard InChI is InChI=1S/C27H15BrO3/c28-16-11-9-15(10-12-16)22-14-13-21-23(17-5-1-2-6-18(17)24(21)29)27(22)25(30)19-7-3-4-8-20(19)26(27)31/h1-14,22H. The van der Waals surface area contributed by atoms with Gasteiger partial charge in [-0.3, -0.25) is 14.4 Å². The lowest BCUT2D eigenvalue weighted by Gasteiger charge is -2.38. The van der Waals surface area contributed by atoms with Crippen LogP contribution in [-0.4, -0.2) is 17.3 Å². The van der Waals surface area contributed by atoms with E-state index in [1.165, 1.54) is 0 Å². The molecule has 148 valence electrons. The van der Waals surface area contributed by atoms with Crippen LogP contribution in [0.5, 0.6) is 0 Å². The van der Waals surface area contributed by atoms with Gasteiger partial charge in [0.15, 0.2) is 17.3 Å². The molecule has 3 aromatic rings. The van der Waals surface area contributed by atoms with E-state index >= 15 is 0 Å². The summed E-state index contributed by atoms with van der Waals surface area (Å²) in [6, 6.07) is 21.9. The van der Waals surface area contributed by atoms with Gasteiger partial charge in [-0.2, -0.15) is 0 Å². The van der Waals surface area contributed by atoms with Crippen molar-refractivity contribution in [2.75, 3.05) is 0 Å². The van der Waals surface area contributed by atoms with Crippen LogP contribution in [0.25, 0.3) is 5.57 Å². The number of ketones is 3. The molecule has 0 aromatic heterocycles. The van der Waals surface area contributed by atoms with Gasteiger partial charge >= 0.3 is 0 Å². The molecule has 0 bridgehead atoms. The lowest BCUT2D eigenvalue weighted by Crippen LogP contribution is -2.42. The molecule has 0 radical (unpaired) electrons. The Hall–Kier alpha value is -3.37. The molecular formula is C27H15BrO3. The molecule has 3 nitrogen and oxygen atoms in total. The molecule has 1 atom stereocenters. The summed E-state index contributed by atoms with van der Waals surface area (Å²) < 4.78 is 0.916. The first-order valence-electron chi connectivity index (χ1n) is 10.1. The van der Waals surface area contributed by atoms with Crippen LogP contribution in [-0.2, 0) is 0 Å². The van der Waals surface area contributed by atoms with Crippen molar-refractivity contribution in [3.63, 3.8) is 0 Å². The zero-order valence-electron chi connectivity index (χ0n) is 16.3. The Morgan fingerprint density at radius 1 is 0.677 bits per heavy atom. The third kappa shape index (κ3) is 2.20.